The zero-order valence-corrected chi connectivity index (χ0v) is 15.8. The number of furan rings is 1. The normalized spacial score (nSPS) is 25.8. The molecule has 144 valence electrons. The fraction of sp³-hybridized carbons (Fsp3) is 0.524. The van der Waals surface area contributed by atoms with Crippen molar-refractivity contribution in [2.75, 3.05) is 37.7 Å². The van der Waals surface area contributed by atoms with E-state index in [0.29, 0.717) is 13.2 Å². The molecule has 2 aliphatic heterocycles. The number of rotatable bonds is 5. The van der Waals surface area contributed by atoms with Gasteiger partial charge in [0.2, 0.25) is 0 Å². The van der Waals surface area contributed by atoms with Gasteiger partial charge in [0.25, 0.3) is 0 Å². The van der Waals surface area contributed by atoms with E-state index in [4.69, 9.17) is 9.15 Å². The van der Waals surface area contributed by atoms with E-state index in [0.717, 1.165) is 44.8 Å². The monoisotopic (exact) mass is 369 g/mol. The summed E-state index contributed by atoms with van der Waals surface area (Å²) in [4.78, 5) is 22.3. The highest BCUT2D eigenvalue weighted by Crippen LogP contribution is 2.45. The Hall–Kier alpha value is -2.34. The van der Waals surface area contributed by atoms with Gasteiger partial charge in [0.15, 0.2) is 0 Å². The molecule has 2 fully saturated rings. The third-order valence-corrected chi connectivity index (χ3v) is 5.91. The molecular weight excluding hydrogens is 342 g/mol. The summed E-state index contributed by atoms with van der Waals surface area (Å²) in [6.07, 6.45) is 7.18. The molecule has 0 N–H and O–H groups in total. The summed E-state index contributed by atoms with van der Waals surface area (Å²) in [5.74, 6) is 1.13. The first-order valence-electron chi connectivity index (χ1n) is 9.78. The largest absolute Gasteiger partial charge is 0.472 e. The Balaban J connectivity index is 1.58. The van der Waals surface area contributed by atoms with Crippen LogP contribution in [0.3, 0.4) is 0 Å². The third-order valence-electron chi connectivity index (χ3n) is 5.91. The first-order chi connectivity index (χ1) is 13.2. The number of nitrogens with zero attached hydrogens (tertiary/aromatic N) is 3. The van der Waals surface area contributed by atoms with Crippen LogP contribution in [0.1, 0.15) is 25.3 Å². The van der Waals surface area contributed by atoms with Crippen molar-refractivity contribution in [2.24, 2.45) is 11.3 Å². The van der Waals surface area contributed by atoms with E-state index in [1.807, 2.05) is 37.4 Å². The average Bonchev–Trinajstić information content (AvgIpc) is 3.28. The molecule has 2 atom stereocenters. The van der Waals surface area contributed by atoms with Crippen LogP contribution in [0, 0.1) is 11.3 Å². The molecule has 4 rings (SSSR count). The first kappa shape index (κ1) is 18.0. The molecule has 2 saturated heterocycles. The van der Waals surface area contributed by atoms with Crippen LogP contribution in [0.15, 0.2) is 47.4 Å². The zero-order valence-electron chi connectivity index (χ0n) is 15.8. The van der Waals surface area contributed by atoms with Crippen LogP contribution in [0.2, 0.25) is 0 Å². The van der Waals surface area contributed by atoms with Crippen molar-refractivity contribution in [2.45, 2.75) is 26.3 Å². The molecule has 0 saturated carbocycles. The first-order valence-corrected chi connectivity index (χ1v) is 9.78. The lowest BCUT2D eigenvalue weighted by molar-refractivity contribution is -0.157. The Labute approximate surface area is 160 Å². The maximum atomic E-state index is 13.1. The minimum absolute atomic E-state index is 0.0430. The molecule has 2 aromatic rings. The standard InChI is InChI=1S/C21H27N3O3/c1-2-27-20(25)21-8-5-10-23(12-17-7-11-26-15-17)13-18(21)14-24(16-21)19-6-3-4-9-22-19/h3-4,6-7,9,11,15,18H,2,5,8,10,12-14,16H2,1H3/t18-,21-/m0/s1. The fourth-order valence-electron chi connectivity index (χ4n) is 4.62. The SMILES string of the molecule is CCOC(=O)[C@]12CCCN(Cc3ccoc3)C[C@H]1CN(c1ccccn1)C2. The van der Waals surface area contributed by atoms with Crippen molar-refractivity contribution in [1.29, 1.82) is 0 Å². The van der Waals surface area contributed by atoms with E-state index in [-0.39, 0.29) is 11.9 Å². The van der Waals surface area contributed by atoms with Crippen LogP contribution < -0.4 is 4.90 Å². The van der Waals surface area contributed by atoms with Gasteiger partial charge in [0.05, 0.1) is 24.5 Å². The molecular formula is C21H27N3O3. The quantitative estimate of drug-likeness (QED) is 0.755. The summed E-state index contributed by atoms with van der Waals surface area (Å²) in [7, 11) is 0. The van der Waals surface area contributed by atoms with Gasteiger partial charge in [-0.3, -0.25) is 9.69 Å². The molecule has 6 nitrogen and oxygen atoms in total. The number of likely N-dealkylation sites (tertiary alicyclic amines) is 1. The zero-order chi connectivity index (χ0) is 18.7. The van der Waals surface area contributed by atoms with Crippen LogP contribution in [-0.4, -0.2) is 48.6 Å². The van der Waals surface area contributed by atoms with Crippen molar-refractivity contribution in [3.8, 4) is 0 Å². The van der Waals surface area contributed by atoms with Crippen LogP contribution in [0.4, 0.5) is 5.82 Å². The molecule has 0 amide bonds. The highest BCUT2D eigenvalue weighted by molar-refractivity contribution is 5.79. The van der Waals surface area contributed by atoms with E-state index in [1.54, 1.807) is 12.5 Å². The van der Waals surface area contributed by atoms with Gasteiger partial charge in [0.1, 0.15) is 5.82 Å². The number of hydrogen-bond donors (Lipinski definition) is 0. The van der Waals surface area contributed by atoms with Gasteiger partial charge in [-0.1, -0.05) is 6.07 Å². The van der Waals surface area contributed by atoms with Gasteiger partial charge in [-0.25, -0.2) is 4.98 Å². The van der Waals surface area contributed by atoms with E-state index in [9.17, 15) is 4.79 Å². The van der Waals surface area contributed by atoms with Crippen molar-refractivity contribution >= 4 is 11.8 Å². The number of hydrogen-bond acceptors (Lipinski definition) is 6. The number of aromatic nitrogens is 1. The Kier molecular flexibility index (Phi) is 5.16. The molecule has 0 aliphatic carbocycles. The molecule has 4 heterocycles. The van der Waals surface area contributed by atoms with Crippen molar-refractivity contribution in [1.82, 2.24) is 9.88 Å². The second kappa shape index (κ2) is 7.72. The molecule has 0 bridgehead atoms. The van der Waals surface area contributed by atoms with Crippen LogP contribution in [0.5, 0.6) is 0 Å². The minimum atomic E-state index is -0.446. The molecule has 0 spiro atoms. The van der Waals surface area contributed by atoms with E-state index >= 15 is 0 Å². The molecule has 0 radical (unpaired) electrons. The lowest BCUT2D eigenvalue weighted by atomic mass is 9.75. The Bertz CT molecular complexity index is 749. The van der Waals surface area contributed by atoms with E-state index in [2.05, 4.69) is 14.8 Å². The Morgan fingerprint density at radius 2 is 2.30 bits per heavy atom. The number of pyridine rings is 1. The Morgan fingerprint density at radius 3 is 3.04 bits per heavy atom. The summed E-state index contributed by atoms with van der Waals surface area (Å²) in [6.45, 7) is 6.56. The third kappa shape index (κ3) is 3.58. The van der Waals surface area contributed by atoms with Crippen LogP contribution in [0.25, 0.3) is 0 Å². The molecule has 0 aromatic carbocycles. The lowest BCUT2D eigenvalue weighted by Crippen LogP contribution is -2.42. The van der Waals surface area contributed by atoms with Gasteiger partial charge in [-0.15, -0.1) is 0 Å². The fourth-order valence-corrected chi connectivity index (χ4v) is 4.62. The number of fused-ring (bicyclic) bond motifs is 1. The van der Waals surface area contributed by atoms with Gasteiger partial charge < -0.3 is 14.1 Å². The molecule has 2 aromatic heterocycles. The predicted octanol–water partition coefficient (Wildman–Crippen LogP) is 2.96. The highest BCUT2D eigenvalue weighted by atomic mass is 16.5. The van der Waals surface area contributed by atoms with Gasteiger partial charge in [-0.2, -0.15) is 0 Å². The molecule has 0 unspecified atom stereocenters. The summed E-state index contributed by atoms with van der Waals surface area (Å²) in [5.41, 5.74) is 0.733. The van der Waals surface area contributed by atoms with E-state index in [1.165, 1.54) is 5.56 Å². The van der Waals surface area contributed by atoms with E-state index < -0.39 is 5.41 Å². The number of ether oxygens (including phenoxy) is 1. The van der Waals surface area contributed by atoms with Gasteiger partial charge >= 0.3 is 5.97 Å². The predicted molar refractivity (Wildman–Crippen MR) is 102 cm³/mol. The minimum Gasteiger partial charge on any atom is -0.472 e. The number of anilines is 1. The van der Waals surface area contributed by atoms with Crippen LogP contribution >= 0.6 is 0 Å². The van der Waals surface area contributed by atoms with Crippen molar-refractivity contribution in [3.63, 3.8) is 0 Å². The number of carbonyl (C=O) groups is 1. The number of carbonyl (C=O) groups excluding carboxylic acids is 1. The van der Waals surface area contributed by atoms with Crippen LogP contribution in [-0.2, 0) is 16.1 Å². The Morgan fingerprint density at radius 1 is 1.37 bits per heavy atom. The molecule has 27 heavy (non-hydrogen) atoms. The number of esters is 1. The second-order valence-corrected chi connectivity index (χ2v) is 7.61. The van der Waals surface area contributed by atoms with Gasteiger partial charge in [-0.05, 0) is 44.5 Å². The van der Waals surface area contributed by atoms with Crippen molar-refractivity contribution < 1.29 is 13.9 Å². The maximum Gasteiger partial charge on any atom is 0.314 e. The summed E-state index contributed by atoms with van der Waals surface area (Å²) < 4.78 is 10.8. The maximum absolute atomic E-state index is 13.1. The van der Waals surface area contributed by atoms with Gasteiger partial charge in [0, 0.05) is 43.9 Å². The topological polar surface area (TPSA) is 58.8 Å². The lowest BCUT2D eigenvalue weighted by Gasteiger charge is -2.31. The highest BCUT2D eigenvalue weighted by Gasteiger charge is 2.54. The summed E-state index contributed by atoms with van der Waals surface area (Å²) in [5, 5.41) is 0. The summed E-state index contributed by atoms with van der Waals surface area (Å²) >= 11 is 0. The smallest absolute Gasteiger partial charge is 0.314 e. The van der Waals surface area contributed by atoms with Crippen molar-refractivity contribution in [3.05, 3.63) is 48.6 Å². The molecule has 2 aliphatic rings. The average molecular weight is 369 g/mol. The molecule has 6 heteroatoms. The summed E-state index contributed by atoms with van der Waals surface area (Å²) in [6, 6.07) is 7.95. The second-order valence-electron chi connectivity index (χ2n) is 7.61.